The van der Waals surface area contributed by atoms with E-state index in [-0.39, 0.29) is 0 Å². The summed E-state index contributed by atoms with van der Waals surface area (Å²) in [5, 5.41) is 25.3. The van der Waals surface area contributed by atoms with Gasteiger partial charge in [0, 0.05) is 27.1 Å². The lowest BCUT2D eigenvalue weighted by molar-refractivity contribution is 1.02. The zero-order valence-corrected chi connectivity index (χ0v) is 23.1. The minimum Gasteiger partial charge on any atom is -0.279 e. The van der Waals surface area contributed by atoms with Crippen LogP contribution in [0.25, 0.3) is 77.2 Å². The van der Waals surface area contributed by atoms with Gasteiger partial charge in [-0.15, -0.1) is 20.4 Å². The third kappa shape index (κ3) is 3.14. The van der Waals surface area contributed by atoms with E-state index in [2.05, 4.69) is 135 Å². The Hall–Kier alpha value is -5.62. The fourth-order valence-electron chi connectivity index (χ4n) is 6.46. The fraction of sp³-hybridized carbons (Fsp3) is 0.0556. The molecule has 6 heteroatoms. The van der Waals surface area contributed by atoms with Gasteiger partial charge in [0.05, 0.1) is 11.0 Å². The Morgan fingerprint density at radius 1 is 0.429 bits per heavy atom. The van der Waals surface area contributed by atoms with E-state index < -0.39 is 0 Å². The van der Waals surface area contributed by atoms with Crippen molar-refractivity contribution in [3.05, 3.63) is 121 Å². The highest BCUT2D eigenvalue weighted by Gasteiger charge is 2.19. The van der Waals surface area contributed by atoms with Crippen molar-refractivity contribution >= 4 is 54.6 Å². The van der Waals surface area contributed by atoms with Crippen LogP contribution in [0, 0.1) is 13.8 Å². The first-order valence-electron chi connectivity index (χ1n) is 14.1. The molecule has 0 amide bonds. The molecule has 0 aliphatic heterocycles. The van der Waals surface area contributed by atoms with Crippen LogP contribution in [0.15, 0.2) is 109 Å². The minimum atomic E-state index is 0.826. The Bertz CT molecular complexity index is 2520. The number of nitrogens with zero attached hydrogens (tertiary/aromatic N) is 6. The third-order valence-corrected chi connectivity index (χ3v) is 8.53. The molecule has 9 aromatic rings. The van der Waals surface area contributed by atoms with E-state index in [0.29, 0.717) is 0 Å². The van der Waals surface area contributed by atoms with Crippen molar-refractivity contribution in [1.29, 1.82) is 0 Å². The van der Waals surface area contributed by atoms with Gasteiger partial charge in [0.15, 0.2) is 17.1 Å². The van der Waals surface area contributed by atoms with Crippen LogP contribution in [0.3, 0.4) is 0 Å². The molecule has 42 heavy (non-hydrogen) atoms. The molecular formula is C36H24N6. The topological polar surface area (TPSA) is 60.4 Å². The average Bonchev–Trinajstić information content (AvgIpc) is 3.66. The zero-order valence-electron chi connectivity index (χ0n) is 23.1. The molecule has 0 aliphatic carbocycles. The summed E-state index contributed by atoms with van der Waals surface area (Å²) >= 11 is 0. The van der Waals surface area contributed by atoms with E-state index in [0.717, 1.165) is 71.9 Å². The fourth-order valence-corrected chi connectivity index (χ4v) is 6.46. The molecule has 0 N–H and O–H groups in total. The molecule has 9 rings (SSSR count). The Balaban J connectivity index is 1.35. The van der Waals surface area contributed by atoms with E-state index in [4.69, 9.17) is 10.2 Å². The molecule has 0 unspecified atom stereocenters. The molecule has 5 aromatic carbocycles. The zero-order chi connectivity index (χ0) is 27.9. The minimum absolute atomic E-state index is 0.826. The van der Waals surface area contributed by atoms with E-state index in [9.17, 15) is 0 Å². The lowest BCUT2D eigenvalue weighted by Gasteiger charge is -2.13. The molecule has 4 heterocycles. The first kappa shape index (κ1) is 23.1. The quantitative estimate of drug-likeness (QED) is 0.163. The molecule has 0 atom stereocenters. The molecule has 0 aliphatic rings. The molecule has 0 saturated carbocycles. The highest BCUT2D eigenvalue weighted by molar-refractivity contribution is 6.22. The largest absolute Gasteiger partial charge is 0.279 e. The standard InChI is InChI=1S/C36H24N6/c1-21-11-13-23(14-12-21)24-15-17-25(18-16-24)34-38-40-36-31-20-28-26-7-3-5-9-32(26)41-22(2)37-39-35(41)30(28)19-29(31)27-8-4-6-10-33(27)42(34)36/h3-20H,1-2H3. The summed E-state index contributed by atoms with van der Waals surface area (Å²) in [6.07, 6.45) is 0. The number of hydrogen-bond donors (Lipinski definition) is 0. The van der Waals surface area contributed by atoms with E-state index in [1.807, 2.05) is 6.92 Å². The molecule has 198 valence electrons. The van der Waals surface area contributed by atoms with Gasteiger partial charge >= 0.3 is 0 Å². The lowest BCUT2D eigenvalue weighted by Crippen LogP contribution is -1.96. The molecule has 0 saturated heterocycles. The van der Waals surface area contributed by atoms with Crippen LogP contribution in [0.1, 0.15) is 11.4 Å². The molecule has 6 nitrogen and oxygen atoms in total. The van der Waals surface area contributed by atoms with Gasteiger partial charge < -0.3 is 0 Å². The summed E-state index contributed by atoms with van der Waals surface area (Å²) in [5.41, 5.74) is 8.52. The normalized spacial score (nSPS) is 12.0. The second-order valence-electron chi connectivity index (χ2n) is 11.0. The Morgan fingerprint density at radius 2 is 0.929 bits per heavy atom. The van der Waals surface area contributed by atoms with Crippen molar-refractivity contribution in [1.82, 2.24) is 29.2 Å². The summed E-state index contributed by atoms with van der Waals surface area (Å²) in [6, 6.07) is 38.7. The van der Waals surface area contributed by atoms with Crippen LogP contribution in [0.5, 0.6) is 0 Å². The van der Waals surface area contributed by atoms with Crippen molar-refractivity contribution < 1.29 is 0 Å². The Labute approximate surface area is 240 Å². The Kier molecular flexibility index (Phi) is 4.65. The maximum absolute atomic E-state index is 4.80. The predicted octanol–water partition coefficient (Wildman–Crippen LogP) is 8.34. The van der Waals surface area contributed by atoms with Crippen LogP contribution in [-0.4, -0.2) is 29.2 Å². The highest BCUT2D eigenvalue weighted by atomic mass is 15.3. The van der Waals surface area contributed by atoms with Crippen LogP contribution < -0.4 is 0 Å². The number of para-hydroxylation sites is 2. The lowest BCUT2D eigenvalue weighted by atomic mass is 9.98. The van der Waals surface area contributed by atoms with Gasteiger partial charge in [-0.05, 0) is 60.0 Å². The van der Waals surface area contributed by atoms with E-state index >= 15 is 0 Å². The molecular weight excluding hydrogens is 516 g/mol. The molecule has 0 fully saturated rings. The number of hydrogen-bond acceptors (Lipinski definition) is 4. The number of aromatic nitrogens is 6. The Morgan fingerprint density at radius 3 is 1.57 bits per heavy atom. The summed E-state index contributed by atoms with van der Waals surface area (Å²) in [5.74, 6) is 1.70. The molecule has 4 aromatic heterocycles. The second kappa shape index (κ2) is 8.44. The van der Waals surface area contributed by atoms with Gasteiger partial charge in [0.25, 0.3) is 0 Å². The third-order valence-electron chi connectivity index (χ3n) is 8.53. The maximum atomic E-state index is 4.80. The second-order valence-corrected chi connectivity index (χ2v) is 11.0. The molecule has 0 bridgehead atoms. The highest BCUT2D eigenvalue weighted by Crippen LogP contribution is 2.38. The van der Waals surface area contributed by atoms with Crippen molar-refractivity contribution in [2.24, 2.45) is 0 Å². The SMILES string of the molecule is Cc1ccc(-c2ccc(-c3nnc4c5cc6c7ccccc7n7c(C)nnc7c6cc5c5ccccc5n34)cc2)cc1. The molecule has 0 radical (unpaired) electrons. The van der Waals surface area contributed by atoms with Crippen molar-refractivity contribution in [3.8, 4) is 22.5 Å². The predicted molar refractivity (Wildman–Crippen MR) is 170 cm³/mol. The smallest absolute Gasteiger partial charge is 0.169 e. The van der Waals surface area contributed by atoms with Crippen molar-refractivity contribution in [2.45, 2.75) is 13.8 Å². The van der Waals surface area contributed by atoms with Gasteiger partial charge in [-0.3, -0.25) is 8.80 Å². The van der Waals surface area contributed by atoms with Crippen LogP contribution in [-0.2, 0) is 0 Å². The average molecular weight is 541 g/mol. The molecule has 0 spiro atoms. The number of pyridine rings is 2. The van der Waals surface area contributed by atoms with E-state index in [1.54, 1.807) is 0 Å². The first-order valence-corrected chi connectivity index (χ1v) is 14.1. The summed E-state index contributed by atoms with van der Waals surface area (Å²) in [7, 11) is 0. The van der Waals surface area contributed by atoms with Gasteiger partial charge in [0.2, 0.25) is 0 Å². The van der Waals surface area contributed by atoms with Gasteiger partial charge in [0.1, 0.15) is 5.82 Å². The van der Waals surface area contributed by atoms with Gasteiger partial charge in [-0.25, -0.2) is 0 Å². The maximum Gasteiger partial charge on any atom is 0.169 e. The van der Waals surface area contributed by atoms with Crippen LogP contribution in [0.4, 0.5) is 0 Å². The number of rotatable bonds is 2. The monoisotopic (exact) mass is 540 g/mol. The summed E-state index contributed by atoms with van der Waals surface area (Å²) in [4.78, 5) is 0. The number of fused-ring (bicyclic) bond motifs is 12. The summed E-state index contributed by atoms with van der Waals surface area (Å²) < 4.78 is 4.35. The number of benzene rings is 5. The van der Waals surface area contributed by atoms with Crippen molar-refractivity contribution in [3.63, 3.8) is 0 Å². The summed E-state index contributed by atoms with van der Waals surface area (Å²) in [6.45, 7) is 4.11. The van der Waals surface area contributed by atoms with Crippen molar-refractivity contribution in [2.75, 3.05) is 0 Å². The van der Waals surface area contributed by atoms with Gasteiger partial charge in [-0.1, -0.05) is 90.5 Å². The van der Waals surface area contributed by atoms with Crippen LogP contribution >= 0.6 is 0 Å². The van der Waals surface area contributed by atoms with Gasteiger partial charge in [-0.2, -0.15) is 0 Å². The van der Waals surface area contributed by atoms with E-state index in [1.165, 1.54) is 16.7 Å². The number of aryl methyl sites for hydroxylation is 2. The first-order chi connectivity index (χ1) is 20.7. The van der Waals surface area contributed by atoms with Crippen LogP contribution in [0.2, 0.25) is 0 Å².